The minimum absolute atomic E-state index is 0.00960. The van der Waals surface area contributed by atoms with Gasteiger partial charge in [0.05, 0.1) is 17.6 Å². The van der Waals surface area contributed by atoms with Gasteiger partial charge in [-0.1, -0.05) is 18.2 Å². The second kappa shape index (κ2) is 11.2. The van der Waals surface area contributed by atoms with Crippen LogP contribution in [-0.2, 0) is 10.1 Å². The number of rotatable bonds is 9. The smallest absolute Gasteiger partial charge is 0.203 e. The highest BCUT2D eigenvalue weighted by Gasteiger charge is 2.23. The molecule has 2 aliphatic rings. The van der Waals surface area contributed by atoms with Gasteiger partial charge in [0.25, 0.3) is 0 Å². The number of benzene rings is 3. The summed E-state index contributed by atoms with van der Waals surface area (Å²) >= 11 is 0. The number of nitrogens with zero attached hydrogens (tertiary/aromatic N) is 2. The predicted molar refractivity (Wildman–Crippen MR) is 148 cm³/mol. The second-order valence-electron chi connectivity index (χ2n) is 9.81. The Hall–Kier alpha value is -3.24. The Morgan fingerprint density at radius 2 is 1.68 bits per heavy atom. The van der Waals surface area contributed by atoms with Gasteiger partial charge < -0.3 is 24.1 Å². The molecule has 1 aliphatic heterocycles. The molecule has 9 heteroatoms. The van der Waals surface area contributed by atoms with Crippen LogP contribution in [0.5, 0.6) is 0 Å². The second-order valence-corrected chi connectivity index (χ2v) is 11.2. The van der Waals surface area contributed by atoms with Crippen molar-refractivity contribution in [3.05, 3.63) is 66.0 Å². The summed E-state index contributed by atoms with van der Waals surface area (Å²) in [5.74, 6) is 0.516. The zero-order valence-electron chi connectivity index (χ0n) is 22.1. The lowest BCUT2D eigenvalue weighted by atomic mass is 9.93. The van der Waals surface area contributed by atoms with Crippen LogP contribution in [-0.4, -0.2) is 61.6 Å². The Morgan fingerprint density at radius 1 is 0.947 bits per heavy atom. The molecular weight excluding hydrogens is 504 g/mol. The molecule has 2 N–H and O–H groups in total. The highest BCUT2D eigenvalue weighted by atomic mass is 32.2. The third kappa shape index (κ3) is 5.47. The van der Waals surface area contributed by atoms with Crippen LogP contribution in [0.2, 0.25) is 0 Å². The predicted octanol–water partition coefficient (Wildman–Crippen LogP) is 3.49. The van der Waals surface area contributed by atoms with Crippen molar-refractivity contribution >= 4 is 26.8 Å². The number of hydrogen-bond donors (Lipinski definition) is 2. The molecule has 0 saturated heterocycles. The van der Waals surface area contributed by atoms with Crippen molar-refractivity contribution < 1.29 is 27.6 Å². The van der Waals surface area contributed by atoms with Gasteiger partial charge in [0, 0.05) is 52.5 Å². The number of aliphatic hydroxyl groups is 2. The zero-order valence-corrected chi connectivity index (χ0v) is 22.9. The van der Waals surface area contributed by atoms with E-state index in [4.69, 9.17) is 4.42 Å². The maximum atomic E-state index is 12.2. The number of aliphatic hydroxyl groups excluding tert-OH is 2. The molecule has 4 rings (SSSR count). The lowest BCUT2D eigenvalue weighted by Crippen LogP contribution is -2.37. The molecule has 0 bridgehead atoms. The van der Waals surface area contributed by atoms with Gasteiger partial charge in [-0.15, -0.1) is 0 Å². The van der Waals surface area contributed by atoms with Crippen molar-refractivity contribution in [1.29, 1.82) is 0 Å². The molecule has 1 heterocycles. The molecule has 0 unspecified atom stereocenters. The molecular formula is C29H34N2O6S. The van der Waals surface area contributed by atoms with Crippen LogP contribution >= 0.6 is 0 Å². The highest BCUT2D eigenvalue weighted by molar-refractivity contribution is 7.85. The molecule has 0 spiro atoms. The van der Waals surface area contributed by atoms with Crippen LogP contribution in [0.25, 0.3) is 33.4 Å². The normalized spacial score (nSPS) is 13.1. The third-order valence-corrected chi connectivity index (χ3v) is 7.60. The summed E-state index contributed by atoms with van der Waals surface area (Å²) in [5.41, 5.74) is 2.92. The molecule has 2 aromatic rings. The van der Waals surface area contributed by atoms with Crippen molar-refractivity contribution in [3.63, 3.8) is 0 Å². The first kappa shape index (κ1) is 27.8. The van der Waals surface area contributed by atoms with Gasteiger partial charge in [0.1, 0.15) is 34.1 Å². The zero-order chi connectivity index (χ0) is 27.6. The number of anilines is 1. The molecule has 8 nitrogen and oxygen atoms in total. The van der Waals surface area contributed by atoms with Crippen LogP contribution in [0.1, 0.15) is 27.7 Å². The maximum Gasteiger partial charge on any atom is 0.203 e. The SMILES string of the molecule is CC(C)N(CCO)c1ccc2c(-c3ccccc3S(=O)(=O)[O-])c3ccc(=[N+](CCO)C(C)C)cc-3oc2c1. The highest BCUT2D eigenvalue weighted by Crippen LogP contribution is 2.42. The van der Waals surface area contributed by atoms with E-state index < -0.39 is 10.1 Å². The van der Waals surface area contributed by atoms with Crippen LogP contribution in [0, 0.1) is 0 Å². The van der Waals surface area contributed by atoms with Crippen molar-refractivity contribution in [2.45, 2.75) is 44.7 Å². The van der Waals surface area contributed by atoms with Gasteiger partial charge in [-0.05, 0) is 52.0 Å². The van der Waals surface area contributed by atoms with Crippen molar-refractivity contribution in [3.8, 4) is 22.5 Å². The molecule has 0 amide bonds. The summed E-state index contributed by atoms with van der Waals surface area (Å²) in [7, 11) is -4.75. The summed E-state index contributed by atoms with van der Waals surface area (Å²) in [4.78, 5) is 1.75. The Kier molecular flexibility index (Phi) is 8.22. The van der Waals surface area contributed by atoms with E-state index in [0.717, 1.165) is 11.0 Å². The summed E-state index contributed by atoms with van der Waals surface area (Å²) in [6.45, 7) is 9.00. The number of hydrogen-bond acceptors (Lipinski definition) is 7. The minimum atomic E-state index is -4.75. The molecule has 0 radical (unpaired) electrons. The van der Waals surface area contributed by atoms with Gasteiger partial charge in [-0.25, -0.2) is 13.0 Å². The number of fused-ring (bicyclic) bond motifs is 2. The van der Waals surface area contributed by atoms with Crippen molar-refractivity contribution in [2.75, 3.05) is 31.2 Å². The van der Waals surface area contributed by atoms with E-state index in [1.165, 1.54) is 12.1 Å². The summed E-state index contributed by atoms with van der Waals surface area (Å²) in [5, 5.41) is 20.7. The van der Waals surface area contributed by atoms with Crippen molar-refractivity contribution in [1.82, 2.24) is 4.58 Å². The minimum Gasteiger partial charge on any atom is -0.744 e. The molecule has 0 atom stereocenters. The first-order valence-corrected chi connectivity index (χ1v) is 14.1. The fourth-order valence-electron chi connectivity index (χ4n) is 4.99. The molecule has 1 aliphatic carbocycles. The topological polar surface area (TPSA) is 117 Å². The Labute approximate surface area is 223 Å². The van der Waals surface area contributed by atoms with E-state index in [-0.39, 0.29) is 30.2 Å². The van der Waals surface area contributed by atoms with Gasteiger partial charge in [-0.2, -0.15) is 0 Å². The Morgan fingerprint density at radius 3 is 2.32 bits per heavy atom. The molecule has 0 saturated carbocycles. The lowest BCUT2D eigenvalue weighted by Gasteiger charge is -2.28. The van der Waals surface area contributed by atoms with Crippen LogP contribution < -0.4 is 14.8 Å². The van der Waals surface area contributed by atoms with E-state index in [9.17, 15) is 23.2 Å². The molecule has 38 heavy (non-hydrogen) atoms. The Balaban J connectivity index is 2.14. The first-order chi connectivity index (χ1) is 18.1. The van der Waals surface area contributed by atoms with Crippen LogP contribution in [0.15, 0.2) is 70.0 Å². The van der Waals surface area contributed by atoms with E-state index in [1.54, 1.807) is 12.1 Å². The van der Waals surface area contributed by atoms with E-state index in [1.807, 2.05) is 73.6 Å². The van der Waals surface area contributed by atoms with Crippen molar-refractivity contribution in [2.24, 2.45) is 0 Å². The van der Waals surface area contributed by atoms with E-state index in [0.29, 0.717) is 46.5 Å². The van der Waals surface area contributed by atoms with E-state index in [2.05, 4.69) is 0 Å². The average molecular weight is 539 g/mol. The largest absolute Gasteiger partial charge is 0.744 e. The molecule has 0 fully saturated rings. The molecule has 0 aromatic heterocycles. The van der Waals surface area contributed by atoms with E-state index >= 15 is 0 Å². The average Bonchev–Trinajstić information content (AvgIpc) is 2.87. The lowest BCUT2D eigenvalue weighted by molar-refractivity contribution is 0.272. The van der Waals surface area contributed by atoms with Gasteiger partial charge in [0.2, 0.25) is 5.36 Å². The fraction of sp³-hybridized carbons (Fsp3) is 0.345. The summed E-state index contributed by atoms with van der Waals surface area (Å²) in [6, 6.07) is 17.8. The van der Waals surface area contributed by atoms with Gasteiger partial charge in [-0.3, -0.25) is 0 Å². The fourth-order valence-corrected chi connectivity index (χ4v) is 5.68. The van der Waals surface area contributed by atoms with Crippen LogP contribution in [0.4, 0.5) is 5.69 Å². The standard InChI is InChI=1S/C29H34N2O6S/c1-19(2)30(13-15-32)21-9-11-23-26(17-21)37-27-18-22(31(14-16-33)20(3)4)10-12-24(27)29(23)25-7-5-6-8-28(25)38(34,35)36/h5-12,17-20,32-33H,13-16H2,1-4H3. The van der Waals surface area contributed by atoms with Crippen LogP contribution in [0.3, 0.4) is 0 Å². The third-order valence-electron chi connectivity index (χ3n) is 6.71. The Bertz CT molecular complexity index is 1590. The quantitative estimate of drug-likeness (QED) is 0.190. The molecule has 202 valence electrons. The summed E-state index contributed by atoms with van der Waals surface area (Å²) < 4.78 is 45.2. The monoisotopic (exact) mass is 538 g/mol. The maximum absolute atomic E-state index is 12.2. The first-order valence-electron chi connectivity index (χ1n) is 12.7. The summed E-state index contributed by atoms with van der Waals surface area (Å²) in [6.07, 6.45) is 0. The molecule has 2 aromatic carbocycles. The van der Waals surface area contributed by atoms with Gasteiger partial charge in [0.15, 0.2) is 6.54 Å². The van der Waals surface area contributed by atoms with Gasteiger partial charge >= 0.3 is 0 Å².